The number of aryl methyl sites for hydroxylation is 1. The Morgan fingerprint density at radius 3 is 2.63 bits per heavy atom. The van der Waals surface area contributed by atoms with Gasteiger partial charge in [-0.05, 0) is 24.6 Å². The van der Waals surface area contributed by atoms with E-state index in [0.29, 0.717) is 0 Å². The van der Waals surface area contributed by atoms with Crippen LogP contribution >= 0.6 is 11.8 Å². The zero-order valence-corrected chi connectivity index (χ0v) is 17.0. The van der Waals surface area contributed by atoms with Gasteiger partial charge in [0.15, 0.2) is 15.0 Å². The highest BCUT2D eigenvalue weighted by Crippen LogP contribution is 2.39. The molecule has 142 valence electrons. The molecule has 5 nitrogen and oxygen atoms in total. The van der Waals surface area contributed by atoms with E-state index in [1.165, 1.54) is 11.1 Å². The van der Waals surface area contributed by atoms with Gasteiger partial charge in [-0.3, -0.25) is 4.99 Å². The summed E-state index contributed by atoms with van der Waals surface area (Å²) < 4.78 is 29.8. The fourth-order valence-corrected chi connectivity index (χ4v) is 6.49. The van der Waals surface area contributed by atoms with E-state index < -0.39 is 9.84 Å². The fraction of sp³-hybridized carbons (Fsp3) is 0.350. The number of hydrogen-bond acceptors (Lipinski definition) is 6. The Kier molecular flexibility index (Phi) is 4.90. The van der Waals surface area contributed by atoms with Gasteiger partial charge in [-0.1, -0.05) is 53.7 Å². The molecule has 2 heterocycles. The predicted molar refractivity (Wildman–Crippen MR) is 112 cm³/mol. The molecule has 1 fully saturated rings. The highest BCUT2D eigenvalue weighted by Gasteiger charge is 2.47. The first-order valence-corrected chi connectivity index (χ1v) is 11.7. The molecule has 4 rings (SSSR count). The summed E-state index contributed by atoms with van der Waals surface area (Å²) in [5.74, 6) is 1.77. The van der Waals surface area contributed by atoms with Gasteiger partial charge in [0, 0.05) is 5.75 Å². The summed E-state index contributed by atoms with van der Waals surface area (Å²) in [6, 6.07) is 15.8. The van der Waals surface area contributed by atoms with Crippen LogP contribution in [0.3, 0.4) is 0 Å². The van der Waals surface area contributed by atoms with E-state index in [-0.39, 0.29) is 23.6 Å². The molecule has 0 unspecified atom stereocenters. The third kappa shape index (κ3) is 3.71. The van der Waals surface area contributed by atoms with Crippen LogP contribution in [0.1, 0.15) is 11.1 Å². The van der Waals surface area contributed by atoms with Crippen LogP contribution in [0.4, 0.5) is 5.69 Å². The molecule has 2 aromatic carbocycles. The average Bonchev–Trinajstić information content (AvgIpc) is 3.12. The maximum absolute atomic E-state index is 12.2. The molecule has 7 heteroatoms. The number of nitrogens with zero attached hydrogens (tertiary/aromatic N) is 2. The summed E-state index contributed by atoms with van der Waals surface area (Å²) in [5.41, 5.74) is 3.33. The Bertz CT molecular complexity index is 971. The van der Waals surface area contributed by atoms with Gasteiger partial charge in [-0.2, -0.15) is 0 Å². The number of ether oxygens (including phenoxy) is 1. The number of rotatable bonds is 4. The van der Waals surface area contributed by atoms with Crippen molar-refractivity contribution in [2.24, 2.45) is 4.99 Å². The van der Waals surface area contributed by atoms with Crippen molar-refractivity contribution in [2.75, 3.05) is 23.5 Å². The molecule has 0 saturated carbocycles. The summed E-state index contributed by atoms with van der Waals surface area (Å²) in [4.78, 5) is 6.84. The molecule has 1 saturated heterocycles. The first-order valence-electron chi connectivity index (χ1n) is 8.86. The van der Waals surface area contributed by atoms with Crippen LogP contribution in [-0.2, 0) is 15.6 Å². The molecule has 27 heavy (non-hydrogen) atoms. The lowest BCUT2D eigenvalue weighted by Gasteiger charge is -2.27. The van der Waals surface area contributed by atoms with Gasteiger partial charge in [0.2, 0.25) is 0 Å². The van der Waals surface area contributed by atoms with Crippen LogP contribution in [0.15, 0.2) is 53.5 Å². The quantitative estimate of drug-likeness (QED) is 0.786. The van der Waals surface area contributed by atoms with E-state index in [0.717, 1.165) is 22.4 Å². The SMILES string of the molecule is COc1ccccc1N1C(SCc2ccc(C)cc2)=N[C@@H]2CS(=O)(=O)C[C@H]21. The minimum atomic E-state index is -3.06. The lowest BCUT2D eigenvalue weighted by molar-refractivity contribution is 0.415. The maximum atomic E-state index is 12.2. The number of para-hydroxylation sites is 2. The Hall–Kier alpha value is -1.99. The predicted octanol–water partition coefficient (Wildman–Crippen LogP) is 3.28. The number of methoxy groups -OCH3 is 1. The third-order valence-electron chi connectivity index (χ3n) is 4.94. The van der Waals surface area contributed by atoms with Crippen LogP contribution in [-0.4, -0.2) is 44.3 Å². The molecule has 0 aliphatic carbocycles. The van der Waals surface area contributed by atoms with E-state index in [1.807, 2.05) is 24.3 Å². The Morgan fingerprint density at radius 2 is 1.89 bits per heavy atom. The summed E-state index contributed by atoms with van der Waals surface area (Å²) in [5, 5.41) is 0.866. The monoisotopic (exact) mass is 402 g/mol. The lowest BCUT2D eigenvalue weighted by atomic mass is 10.1. The van der Waals surface area contributed by atoms with Crippen molar-refractivity contribution in [2.45, 2.75) is 24.8 Å². The molecule has 0 N–H and O–H groups in total. The van der Waals surface area contributed by atoms with Gasteiger partial charge in [-0.25, -0.2) is 8.42 Å². The van der Waals surface area contributed by atoms with Crippen LogP contribution in [0.5, 0.6) is 5.75 Å². The molecular formula is C20H22N2O3S2. The number of thioether (sulfide) groups is 1. The van der Waals surface area contributed by atoms with E-state index in [9.17, 15) is 8.42 Å². The summed E-state index contributed by atoms with van der Waals surface area (Å²) in [7, 11) is -1.43. The molecule has 2 aliphatic heterocycles. The molecule has 2 aliphatic rings. The van der Waals surface area contributed by atoms with E-state index in [4.69, 9.17) is 9.73 Å². The Morgan fingerprint density at radius 1 is 1.15 bits per heavy atom. The van der Waals surface area contributed by atoms with Gasteiger partial charge in [0.05, 0.1) is 36.4 Å². The number of anilines is 1. The van der Waals surface area contributed by atoms with E-state index >= 15 is 0 Å². The second-order valence-electron chi connectivity index (χ2n) is 6.94. The molecule has 0 spiro atoms. The van der Waals surface area contributed by atoms with Crippen LogP contribution < -0.4 is 9.64 Å². The van der Waals surface area contributed by atoms with E-state index in [1.54, 1.807) is 18.9 Å². The average molecular weight is 403 g/mol. The van der Waals surface area contributed by atoms with Gasteiger partial charge in [0.1, 0.15) is 5.75 Å². The van der Waals surface area contributed by atoms with Crippen LogP contribution in [0.2, 0.25) is 0 Å². The summed E-state index contributed by atoms with van der Waals surface area (Å²) >= 11 is 1.65. The lowest BCUT2D eigenvalue weighted by Crippen LogP contribution is -2.39. The molecular weight excluding hydrogens is 380 g/mol. The third-order valence-corrected chi connectivity index (χ3v) is 7.68. The number of fused-ring (bicyclic) bond motifs is 1. The van der Waals surface area contributed by atoms with Crippen molar-refractivity contribution in [3.8, 4) is 5.75 Å². The van der Waals surface area contributed by atoms with Gasteiger partial charge in [-0.15, -0.1) is 0 Å². The number of sulfone groups is 1. The zero-order chi connectivity index (χ0) is 19.0. The summed E-state index contributed by atoms with van der Waals surface area (Å²) in [6.07, 6.45) is 0. The first-order chi connectivity index (χ1) is 13.0. The van der Waals surface area contributed by atoms with Gasteiger partial charge < -0.3 is 9.64 Å². The topological polar surface area (TPSA) is 59.0 Å². The van der Waals surface area contributed by atoms with Crippen molar-refractivity contribution in [3.63, 3.8) is 0 Å². The largest absolute Gasteiger partial charge is 0.495 e. The molecule has 2 atom stereocenters. The maximum Gasteiger partial charge on any atom is 0.164 e. The number of benzene rings is 2. The second kappa shape index (κ2) is 7.20. The summed E-state index contributed by atoms with van der Waals surface area (Å²) in [6.45, 7) is 2.07. The minimum absolute atomic E-state index is 0.123. The smallest absolute Gasteiger partial charge is 0.164 e. The van der Waals surface area contributed by atoms with Crippen molar-refractivity contribution >= 4 is 32.5 Å². The van der Waals surface area contributed by atoms with Crippen LogP contribution in [0, 0.1) is 6.92 Å². The zero-order valence-electron chi connectivity index (χ0n) is 15.3. The number of hydrogen-bond donors (Lipinski definition) is 0. The van der Waals surface area contributed by atoms with Crippen LogP contribution in [0.25, 0.3) is 0 Å². The number of aliphatic imine (C=N–C) groups is 1. The molecule has 0 amide bonds. The molecule has 0 bridgehead atoms. The van der Waals surface area contributed by atoms with Crippen molar-refractivity contribution < 1.29 is 13.2 Å². The first kappa shape index (κ1) is 18.4. The van der Waals surface area contributed by atoms with Gasteiger partial charge >= 0.3 is 0 Å². The minimum Gasteiger partial charge on any atom is -0.495 e. The van der Waals surface area contributed by atoms with Crippen molar-refractivity contribution in [3.05, 3.63) is 59.7 Å². The highest BCUT2D eigenvalue weighted by atomic mass is 32.2. The molecule has 2 aromatic rings. The van der Waals surface area contributed by atoms with E-state index in [2.05, 4.69) is 36.1 Å². The Balaban J connectivity index is 1.64. The second-order valence-corrected chi connectivity index (χ2v) is 10.0. The standard InChI is InChI=1S/C20H22N2O3S2/c1-14-7-9-15(10-8-14)11-26-20-21-16-12-27(23,24)13-18(16)22(20)17-5-3-4-6-19(17)25-2/h3-10,16,18H,11-13H2,1-2H3/t16-,18-/m1/s1. The normalized spacial score (nSPS) is 23.2. The highest BCUT2D eigenvalue weighted by molar-refractivity contribution is 8.13. The number of amidine groups is 1. The fourth-order valence-electron chi connectivity index (χ4n) is 3.58. The molecule has 0 radical (unpaired) electrons. The molecule has 0 aromatic heterocycles. The van der Waals surface area contributed by atoms with Crippen molar-refractivity contribution in [1.82, 2.24) is 0 Å². The van der Waals surface area contributed by atoms with Gasteiger partial charge in [0.25, 0.3) is 0 Å². The van der Waals surface area contributed by atoms with Crippen molar-refractivity contribution in [1.29, 1.82) is 0 Å². The Labute approximate surface area is 164 Å².